The molecule has 2 saturated carbocycles. The normalized spacial score (nSPS) is 32.4. The highest BCUT2D eigenvalue weighted by Crippen LogP contribution is 2.42. The van der Waals surface area contributed by atoms with E-state index in [1.54, 1.807) is 0 Å². The van der Waals surface area contributed by atoms with Crippen molar-refractivity contribution >= 4 is 11.8 Å². The first-order chi connectivity index (χ1) is 14.2. The Morgan fingerprint density at radius 3 is 1.52 bits per heavy atom. The Kier molecular flexibility index (Phi) is 4.84. The quantitative estimate of drug-likeness (QED) is 0.709. The lowest BCUT2D eigenvalue weighted by Crippen LogP contribution is -2.43. The zero-order valence-electron chi connectivity index (χ0n) is 16.4. The molecule has 6 atom stereocenters. The lowest BCUT2D eigenvalue weighted by Gasteiger charge is -2.18. The molecular formula is C24H27N3O2. The van der Waals surface area contributed by atoms with Gasteiger partial charge in [-0.05, 0) is 24.0 Å². The zero-order chi connectivity index (χ0) is 19.8. The van der Waals surface area contributed by atoms with Gasteiger partial charge in [0.2, 0.25) is 11.8 Å². The SMILES string of the molecule is O=C(NC1CC1c1ccccc1)[C@H]1CNC[C@@H]1C(=O)NC1CC1c1ccccc1. The van der Waals surface area contributed by atoms with Crippen molar-refractivity contribution in [3.05, 3.63) is 71.8 Å². The van der Waals surface area contributed by atoms with Gasteiger partial charge in [-0.15, -0.1) is 0 Å². The summed E-state index contributed by atoms with van der Waals surface area (Å²) in [6, 6.07) is 21.0. The maximum absolute atomic E-state index is 12.8. The Hall–Kier alpha value is -2.66. The first kappa shape index (κ1) is 18.4. The molecule has 2 amide bonds. The summed E-state index contributed by atoms with van der Waals surface area (Å²) in [6.45, 7) is 1.14. The predicted octanol–water partition coefficient (Wildman–Crippen LogP) is 2.17. The van der Waals surface area contributed by atoms with Gasteiger partial charge in [-0.3, -0.25) is 9.59 Å². The summed E-state index contributed by atoms with van der Waals surface area (Å²) in [5.74, 6) is 0.240. The van der Waals surface area contributed by atoms with Crippen LogP contribution in [0.2, 0.25) is 0 Å². The minimum absolute atomic E-state index is 0.00832. The Morgan fingerprint density at radius 1 is 0.690 bits per heavy atom. The van der Waals surface area contributed by atoms with E-state index in [1.807, 2.05) is 36.4 Å². The Balaban J connectivity index is 1.14. The van der Waals surface area contributed by atoms with E-state index in [2.05, 4.69) is 40.2 Å². The number of hydrogen-bond acceptors (Lipinski definition) is 3. The number of nitrogens with one attached hydrogen (secondary N) is 3. The minimum Gasteiger partial charge on any atom is -0.352 e. The molecule has 2 aromatic rings. The van der Waals surface area contributed by atoms with E-state index < -0.39 is 0 Å². The first-order valence-electron chi connectivity index (χ1n) is 10.6. The molecule has 0 aromatic heterocycles. The lowest BCUT2D eigenvalue weighted by molar-refractivity contribution is -0.133. The Labute approximate surface area is 171 Å². The van der Waals surface area contributed by atoms with Crippen molar-refractivity contribution in [2.45, 2.75) is 36.8 Å². The second-order valence-corrected chi connectivity index (χ2v) is 8.61. The third-order valence-electron chi connectivity index (χ3n) is 6.58. The monoisotopic (exact) mass is 389 g/mol. The summed E-state index contributed by atoms with van der Waals surface area (Å²) < 4.78 is 0. The summed E-state index contributed by atoms with van der Waals surface area (Å²) in [5.41, 5.74) is 2.55. The molecule has 1 aliphatic heterocycles. The fourth-order valence-corrected chi connectivity index (χ4v) is 4.66. The largest absolute Gasteiger partial charge is 0.352 e. The van der Waals surface area contributed by atoms with Crippen LogP contribution in [0.5, 0.6) is 0 Å². The standard InChI is InChI=1S/C24H27N3O2/c28-23(26-21-11-17(21)15-7-3-1-4-8-15)19-13-25-14-20(19)24(29)27-22-12-18(22)16-9-5-2-6-10-16/h1-10,17-22,25H,11-14H2,(H,26,28)(H,27,29)/t17?,18?,19-,20-,21?,22?/m0/s1. The van der Waals surface area contributed by atoms with E-state index in [1.165, 1.54) is 11.1 Å². The van der Waals surface area contributed by atoms with Crippen LogP contribution in [-0.4, -0.2) is 37.0 Å². The topological polar surface area (TPSA) is 70.2 Å². The maximum Gasteiger partial charge on any atom is 0.225 e. The summed E-state index contributed by atoms with van der Waals surface area (Å²) in [6.07, 6.45) is 1.96. The van der Waals surface area contributed by atoms with Gasteiger partial charge < -0.3 is 16.0 Å². The molecule has 3 N–H and O–H groups in total. The highest BCUT2D eigenvalue weighted by atomic mass is 16.2. The van der Waals surface area contributed by atoms with Crippen molar-refractivity contribution in [3.63, 3.8) is 0 Å². The van der Waals surface area contributed by atoms with Crippen LogP contribution in [0.1, 0.15) is 35.8 Å². The summed E-state index contributed by atoms with van der Waals surface area (Å²) in [4.78, 5) is 25.7. The molecule has 4 unspecified atom stereocenters. The van der Waals surface area contributed by atoms with E-state index in [4.69, 9.17) is 0 Å². The average molecular weight is 389 g/mol. The second kappa shape index (κ2) is 7.64. The van der Waals surface area contributed by atoms with E-state index in [0.29, 0.717) is 24.9 Å². The molecule has 5 nitrogen and oxygen atoms in total. The highest BCUT2D eigenvalue weighted by Gasteiger charge is 2.46. The predicted molar refractivity (Wildman–Crippen MR) is 111 cm³/mol. The highest BCUT2D eigenvalue weighted by molar-refractivity contribution is 5.89. The average Bonchev–Trinajstić information content (AvgIpc) is 3.65. The molecule has 0 spiro atoms. The molecule has 1 heterocycles. The molecule has 0 radical (unpaired) electrons. The van der Waals surface area contributed by atoms with Crippen LogP contribution in [0.25, 0.3) is 0 Å². The van der Waals surface area contributed by atoms with Gasteiger partial charge in [0.05, 0.1) is 11.8 Å². The van der Waals surface area contributed by atoms with Crippen molar-refractivity contribution in [3.8, 4) is 0 Å². The number of benzene rings is 2. The van der Waals surface area contributed by atoms with Gasteiger partial charge in [-0.1, -0.05) is 60.7 Å². The summed E-state index contributed by atoms with van der Waals surface area (Å²) in [5, 5.41) is 9.58. The molecule has 5 heteroatoms. The van der Waals surface area contributed by atoms with Gasteiger partial charge in [-0.25, -0.2) is 0 Å². The minimum atomic E-state index is -0.291. The van der Waals surface area contributed by atoms with Crippen molar-refractivity contribution in [1.82, 2.24) is 16.0 Å². The lowest BCUT2D eigenvalue weighted by atomic mass is 9.94. The van der Waals surface area contributed by atoms with Crippen LogP contribution in [0.15, 0.2) is 60.7 Å². The van der Waals surface area contributed by atoms with Gasteiger partial charge in [0, 0.05) is 37.0 Å². The van der Waals surface area contributed by atoms with Crippen molar-refractivity contribution in [2.24, 2.45) is 11.8 Å². The maximum atomic E-state index is 12.8. The molecule has 3 aliphatic rings. The molecule has 3 fully saturated rings. The Bertz CT molecular complexity index is 812. The van der Waals surface area contributed by atoms with Gasteiger partial charge in [-0.2, -0.15) is 0 Å². The van der Waals surface area contributed by atoms with Gasteiger partial charge in [0.25, 0.3) is 0 Å². The number of carbonyl (C=O) groups is 2. The Morgan fingerprint density at radius 2 is 1.10 bits per heavy atom. The van der Waals surface area contributed by atoms with Crippen LogP contribution < -0.4 is 16.0 Å². The number of amides is 2. The summed E-state index contributed by atoms with van der Waals surface area (Å²) in [7, 11) is 0. The van der Waals surface area contributed by atoms with Crippen molar-refractivity contribution in [1.29, 1.82) is 0 Å². The summed E-state index contributed by atoms with van der Waals surface area (Å²) >= 11 is 0. The third-order valence-corrected chi connectivity index (χ3v) is 6.58. The van der Waals surface area contributed by atoms with Crippen molar-refractivity contribution < 1.29 is 9.59 Å². The van der Waals surface area contributed by atoms with E-state index >= 15 is 0 Å². The fraction of sp³-hybridized carbons (Fsp3) is 0.417. The van der Waals surface area contributed by atoms with Crippen LogP contribution in [0.4, 0.5) is 0 Å². The molecular weight excluding hydrogens is 362 g/mol. The van der Waals surface area contributed by atoms with E-state index in [-0.39, 0.29) is 35.7 Å². The second-order valence-electron chi connectivity index (χ2n) is 8.61. The fourth-order valence-electron chi connectivity index (χ4n) is 4.66. The van der Waals surface area contributed by atoms with Gasteiger partial charge >= 0.3 is 0 Å². The van der Waals surface area contributed by atoms with Crippen LogP contribution in [-0.2, 0) is 9.59 Å². The molecule has 5 rings (SSSR count). The molecule has 150 valence electrons. The molecule has 1 saturated heterocycles. The van der Waals surface area contributed by atoms with E-state index in [0.717, 1.165) is 12.8 Å². The molecule has 2 aromatic carbocycles. The molecule has 2 aliphatic carbocycles. The smallest absolute Gasteiger partial charge is 0.225 e. The van der Waals surface area contributed by atoms with Gasteiger partial charge in [0.15, 0.2) is 0 Å². The number of hydrogen-bond donors (Lipinski definition) is 3. The van der Waals surface area contributed by atoms with Crippen LogP contribution in [0, 0.1) is 11.8 Å². The third kappa shape index (κ3) is 3.92. The first-order valence-corrected chi connectivity index (χ1v) is 10.6. The van der Waals surface area contributed by atoms with Crippen molar-refractivity contribution in [2.75, 3.05) is 13.1 Å². The van der Waals surface area contributed by atoms with Crippen LogP contribution in [0.3, 0.4) is 0 Å². The number of rotatable bonds is 6. The number of carbonyl (C=O) groups excluding carboxylic acids is 2. The van der Waals surface area contributed by atoms with Gasteiger partial charge in [0.1, 0.15) is 0 Å². The zero-order valence-corrected chi connectivity index (χ0v) is 16.4. The van der Waals surface area contributed by atoms with E-state index in [9.17, 15) is 9.59 Å². The molecule has 0 bridgehead atoms. The molecule has 29 heavy (non-hydrogen) atoms. The van der Waals surface area contributed by atoms with Crippen LogP contribution >= 0.6 is 0 Å².